The van der Waals surface area contributed by atoms with Gasteiger partial charge in [0.15, 0.2) is 0 Å². The predicted octanol–water partition coefficient (Wildman–Crippen LogP) is 4.86. The van der Waals surface area contributed by atoms with Crippen LogP contribution in [-0.2, 0) is 8.67 Å². The molecule has 1 aromatic rings. The van der Waals surface area contributed by atoms with Gasteiger partial charge in [0.2, 0.25) is 5.22 Å². The molecular formula is C9H5F6IN3O+. The summed E-state index contributed by atoms with van der Waals surface area (Å²) >= 11 is -3.67. The zero-order valence-corrected chi connectivity index (χ0v) is 11.4. The second-order valence-electron chi connectivity index (χ2n) is 3.64. The number of alkyl halides is 6. The Morgan fingerprint density at radius 2 is 1.65 bits per heavy atom. The molecule has 20 heavy (non-hydrogen) atoms. The van der Waals surface area contributed by atoms with Crippen molar-refractivity contribution in [2.75, 3.05) is 0 Å². The standard InChI is InChI=1S/C9H5F6IN3O/c10-8(11,12)7(9(13,14)15)5-3-1-2-4-6(5)16(20-7)18-19-17/h1-4,17H/q+1. The second kappa shape index (κ2) is 4.67. The summed E-state index contributed by atoms with van der Waals surface area (Å²) in [7, 11) is 0. The van der Waals surface area contributed by atoms with Crippen molar-refractivity contribution in [3.8, 4) is 0 Å². The third-order valence-corrected chi connectivity index (χ3v) is 6.14. The Hall–Kier alpha value is -1.20. The smallest absolute Gasteiger partial charge is 0.253 e. The highest BCUT2D eigenvalue weighted by molar-refractivity contribution is 14.2. The van der Waals surface area contributed by atoms with E-state index < -0.39 is 43.4 Å². The van der Waals surface area contributed by atoms with E-state index in [-0.39, 0.29) is 3.57 Å². The quantitative estimate of drug-likeness (QED) is 0.281. The van der Waals surface area contributed by atoms with E-state index in [9.17, 15) is 26.3 Å². The van der Waals surface area contributed by atoms with Gasteiger partial charge in [0.25, 0.3) is 5.60 Å². The molecule has 1 aromatic carbocycles. The SMILES string of the molecule is N=N[N+]#I1OC(C(F)(F)F)(C(F)(F)F)c2ccccc21. The first kappa shape index (κ1) is 15.2. The van der Waals surface area contributed by atoms with Gasteiger partial charge < -0.3 is 0 Å². The average Bonchev–Trinajstić information content (AvgIpc) is 2.65. The maximum absolute atomic E-state index is 13.1. The number of hydrogen-bond donors (Lipinski definition) is 1. The minimum atomic E-state index is -5.69. The van der Waals surface area contributed by atoms with Crippen molar-refractivity contribution < 1.29 is 29.4 Å². The molecule has 0 bridgehead atoms. The van der Waals surface area contributed by atoms with Crippen LogP contribution >= 0.6 is 19.9 Å². The van der Waals surface area contributed by atoms with Crippen molar-refractivity contribution in [2.45, 2.75) is 18.0 Å². The molecule has 0 atom stereocenters. The highest BCUT2D eigenvalue weighted by Gasteiger charge is 2.77. The molecule has 110 valence electrons. The largest absolute Gasteiger partial charge is 0.431 e. The van der Waals surface area contributed by atoms with Gasteiger partial charge in [-0.15, -0.1) is 0 Å². The van der Waals surface area contributed by atoms with Gasteiger partial charge in [-0.25, -0.2) is 0 Å². The van der Waals surface area contributed by atoms with Crippen LogP contribution in [0.1, 0.15) is 5.56 Å². The third-order valence-electron chi connectivity index (χ3n) is 2.52. The monoisotopic (exact) mass is 412 g/mol. The molecule has 1 aliphatic rings. The summed E-state index contributed by atoms with van der Waals surface area (Å²) < 4.78 is 85.6. The topological polar surface area (TPSA) is 49.8 Å². The van der Waals surface area contributed by atoms with Gasteiger partial charge in [-0.1, -0.05) is 18.2 Å². The van der Waals surface area contributed by atoms with Crippen molar-refractivity contribution in [3.05, 3.63) is 36.5 Å². The lowest BCUT2D eigenvalue weighted by atomic mass is 9.92. The highest BCUT2D eigenvalue weighted by Crippen LogP contribution is 2.64. The van der Waals surface area contributed by atoms with E-state index in [1.165, 1.54) is 6.07 Å². The molecular weight excluding hydrogens is 407 g/mol. The van der Waals surface area contributed by atoms with Gasteiger partial charge in [0.05, 0.1) is 3.57 Å². The third kappa shape index (κ3) is 2.00. The number of nitrogens with one attached hydrogen (secondary N) is 1. The number of rotatable bonds is 0. The molecule has 0 spiro atoms. The van der Waals surface area contributed by atoms with Crippen LogP contribution < -0.4 is 0 Å². The molecule has 11 heteroatoms. The molecule has 0 saturated heterocycles. The normalized spacial score (nSPS) is 18.5. The molecule has 0 aliphatic carbocycles. The first-order valence-electron chi connectivity index (χ1n) is 4.85. The lowest BCUT2D eigenvalue weighted by molar-refractivity contribution is -0.355. The zero-order chi connectivity index (χ0) is 15.2. The van der Waals surface area contributed by atoms with Crippen molar-refractivity contribution in [3.63, 3.8) is 0 Å². The van der Waals surface area contributed by atoms with Crippen LogP contribution in [0, 0.1) is 9.10 Å². The van der Waals surface area contributed by atoms with Gasteiger partial charge in [-0.2, -0.15) is 26.3 Å². The van der Waals surface area contributed by atoms with E-state index in [4.69, 9.17) is 5.53 Å². The summed E-state index contributed by atoms with van der Waals surface area (Å²) in [5, 5.41) is 2.53. The average molecular weight is 412 g/mol. The summed E-state index contributed by atoms with van der Waals surface area (Å²) in [6, 6.07) is 4.15. The molecule has 0 saturated carbocycles. The Balaban J connectivity index is 2.84. The Morgan fingerprint density at radius 3 is 2.15 bits per heavy atom. The minimum absolute atomic E-state index is 0.262. The Labute approximate surface area is 115 Å². The van der Waals surface area contributed by atoms with Crippen molar-refractivity contribution in [1.82, 2.24) is 0 Å². The Morgan fingerprint density at radius 1 is 1.10 bits per heavy atom. The predicted molar refractivity (Wildman–Crippen MR) is 62.5 cm³/mol. The molecule has 2 rings (SSSR count). The van der Waals surface area contributed by atoms with Gasteiger partial charge in [-0.3, -0.25) is 3.07 Å². The van der Waals surface area contributed by atoms with Crippen molar-refractivity contribution in [1.29, 1.82) is 5.53 Å². The molecule has 0 fully saturated rings. The molecule has 0 amide bonds. The highest BCUT2D eigenvalue weighted by atomic mass is 127. The minimum Gasteiger partial charge on any atom is -0.253 e. The van der Waals surface area contributed by atoms with Crippen LogP contribution in [0.15, 0.2) is 29.5 Å². The van der Waals surface area contributed by atoms with Crippen LogP contribution in [0.3, 0.4) is 0 Å². The van der Waals surface area contributed by atoms with E-state index in [1.54, 1.807) is 0 Å². The van der Waals surface area contributed by atoms with Gasteiger partial charge in [0, 0.05) is 11.1 Å². The number of nitrogens with zero attached hydrogens (tertiary/aromatic N) is 2. The van der Waals surface area contributed by atoms with Gasteiger partial charge >= 0.3 is 32.2 Å². The van der Waals surface area contributed by atoms with E-state index >= 15 is 0 Å². The molecule has 0 aromatic heterocycles. The van der Waals surface area contributed by atoms with Crippen molar-refractivity contribution in [2.24, 2.45) is 5.22 Å². The Kier molecular flexibility index (Phi) is 3.55. The lowest BCUT2D eigenvalue weighted by Crippen LogP contribution is -2.53. The van der Waals surface area contributed by atoms with Crippen LogP contribution in [-0.4, -0.2) is 12.4 Å². The first-order valence-corrected chi connectivity index (χ1v) is 7.78. The molecule has 1 aliphatic heterocycles. The number of halogens is 7. The van der Waals surface area contributed by atoms with Crippen LogP contribution in [0.4, 0.5) is 26.3 Å². The van der Waals surface area contributed by atoms with E-state index in [2.05, 4.69) is 11.4 Å². The molecule has 0 radical (unpaired) electrons. The summed E-state index contributed by atoms with van der Waals surface area (Å²) in [5.74, 6) is 0. The van der Waals surface area contributed by atoms with Crippen molar-refractivity contribution >= 4 is 19.9 Å². The Bertz CT molecular complexity index is 627. The molecule has 4 nitrogen and oxygen atoms in total. The fraction of sp³-hybridized carbons (Fsp3) is 0.333. The molecule has 1 N–H and O–H groups in total. The zero-order valence-electron chi connectivity index (χ0n) is 9.26. The fourth-order valence-electron chi connectivity index (χ4n) is 1.72. The van der Waals surface area contributed by atoms with Crippen LogP contribution in [0.5, 0.6) is 0 Å². The van der Waals surface area contributed by atoms with Gasteiger partial charge in [0.1, 0.15) is 0 Å². The lowest BCUT2D eigenvalue weighted by Gasteiger charge is -2.31. The summed E-state index contributed by atoms with van der Waals surface area (Å²) in [6.07, 6.45) is -11.4. The maximum Gasteiger partial charge on any atom is 0.431 e. The van der Waals surface area contributed by atoms with Crippen LogP contribution in [0.2, 0.25) is 0 Å². The fourth-order valence-corrected chi connectivity index (χ4v) is 5.41. The molecule has 1 heterocycles. The number of hydrogen-bond acceptors (Lipinski definition) is 3. The summed E-state index contributed by atoms with van der Waals surface area (Å²) in [6.45, 7) is 0. The number of fused-ring (bicyclic) bond motifs is 1. The van der Waals surface area contributed by atoms with Gasteiger partial charge in [-0.05, 0) is 9.13 Å². The van der Waals surface area contributed by atoms with E-state index in [0.29, 0.717) is 6.07 Å². The first-order chi connectivity index (χ1) is 9.15. The van der Waals surface area contributed by atoms with E-state index in [1.807, 2.05) is 0 Å². The summed E-state index contributed by atoms with van der Waals surface area (Å²) in [5.41, 5.74) is 1.10. The second-order valence-corrected chi connectivity index (χ2v) is 6.99. The maximum atomic E-state index is 13.1. The summed E-state index contributed by atoms with van der Waals surface area (Å²) in [4.78, 5) is 0. The van der Waals surface area contributed by atoms with Crippen LogP contribution in [0.25, 0.3) is 3.07 Å². The molecule has 0 unspecified atom stereocenters. The number of benzene rings is 1. The van der Waals surface area contributed by atoms with E-state index in [0.717, 1.165) is 12.1 Å².